The van der Waals surface area contributed by atoms with Gasteiger partial charge in [-0.25, -0.2) is 4.98 Å². The first-order valence-electron chi connectivity index (χ1n) is 8.95. The van der Waals surface area contributed by atoms with Crippen LogP contribution >= 0.6 is 0 Å². The summed E-state index contributed by atoms with van der Waals surface area (Å²) in [6, 6.07) is 3.68. The van der Waals surface area contributed by atoms with E-state index in [-0.39, 0.29) is 0 Å². The average Bonchev–Trinajstić information content (AvgIpc) is 3.11. The van der Waals surface area contributed by atoms with Crippen molar-refractivity contribution in [2.75, 3.05) is 11.9 Å². The molecule has 2 aromatic heterocycles. The lowest BCUT2D eigenvalue weighted by Gasteiger charge is -2.39. The molecule has 2 aliphatic heterocycles. The molecule has 3 atom stereocenters. The van der Waals surface area contributed by atoms with Crippen molar-refractivity contribution < 1.29 is 4.79 Å². The summed E-state index contributed by atoms with van der Waals surface area (Å²) in [4.78, 5) is 21.9. The Morgan fingerprint density at radius 3 is 2.83 bits per heavy atom. The van der Waals surface area contributed by atoms with Gasteiger partial charge in [0.05, 0.1) is 11.3 Å². The maximum Gasteiger partial charge on any atom is 0.252 e. The number of amides is 1. The fourth-order valence-corrected chi connectivity index (χ4v) is 4.57. The van der Waals surface area contributed by atoms with E-state index >= 15 is 0 Å². The van der Waals surface area contributed by atoms with Crippen LogP contribution in [0.3, 0.4) is 0 Å². The quantitative estimate of drug-likeness (QED) is 0.787. The molecule has 0 aliphatic carbocycles. The lowest BCUT2D eigenvalue weighted by molar-refractivity contribution is 0.100. The molecular formula is C18H25N5O. The van der Waals surface area contributed by atoms with Crippen molar-refractivity contribution in [3.63, 3.8) is 0 Å². The van der Waals surface area contributed by atoms with Gasteiger partial charge in [0, 0.05) is 35.9 Å². The summed E-state index contributed by atoms with van der Waals surface area (Å²) in [7, 11) is 0. The van der Waals surface area contributed by atoms with E-state index in [1.54, 1.807) is 6.20 Å². The Morgan fingerprint density at radius 1 is 1.42 bits per heavy atom. The minimum Gasteiger partial charge on any atom is -0.381 e. The zero-order valence-electron chi connectivity index (χ0n) is 14.1. The number of rotatable bonds is 5. The Bertz CT molecular complexity index is 741. The van der Waals surface area contributed by atoms with Crippen LogP contribution in [-0.2, 0) is 0 Å². The number of pyridine rings is 1. The van der Waals surface area contributed by atoms with Crippen molar-refractivity contribution in [3.8, 4) is 0 Å². The molecule has 4 rings (SSSR count). The summed E-state index contributed by atoms with van der Waals surface area (Å²) < 4.78 is 0. The molecule has 2 saturated heterocycles. The van der Waals surface area contributed by atoms with Gasteiger partial charge >= 0.3 is 0 Å². The third kappa shape index (κ3) is 2.55. The molecule has 4 heterocycles. The molecule has 24 heavy (non-hydrogen) atoms. The molecule has 2 bridgehead atoms. The number of hydrogen-bond donors (Lipinski definition) is 3. The van der Waals surface area contributed by atoms with Gasteiger partial charge in [-0.2, -0.15) is 0 Å². The van der Waals surface area contributed by atoms with Crippen LogP contribution in [-0.4, -0.2) is 45.4 Å². The van der Waals surface area contributed by atoms with Gasteiger partial charge in [0.15, 0.2) is 0 Å². The first kappa shape index (κ1) is 15.4. The Morgan fingerprint density at radius 2 is 2.17 bits per heavy atom. The van der Waals surface area contributed by atoms with Crippen LogP contribution in [0.25, 0.3) is 11.0 Å². The molecule has 6 nitrogen and oxygen atoms in total. The molecule has 0 aromatic carbocycles. The van der Waals surface area contributed by atoms with Gasteiger partial charge in [-0.1, -0.05) is 6.92 Å². The topological polar surface area (TPSA) is 87.0 Å². The van der Waals surface area contributed by atoms with Crippen molar-refractivity contribution in [3.05, 3.63) is 24.0 Å². The van der Waals surface area contributed by atoms with E-state index in [9.17, 15) is 4.79 Å². The second-order valence-electron chi connectivity index (χ2n) is 7.09. The van der Waals surface area contributed by atoms with E-state index < -0.39 is 5.91 Å². The summed E-state index contributed by atoms with van der Waals surface area (Å²) in [5, 5.41) is 4.58. The molecule has 2 fully saturated rings. The number of hydrogen-bond acceptors (Lipinski definition) is 4. The Hall–Kier alpha value is -2.08. The third-order valence-corrected chi connectivity index (χ3v) is 5.57. The number of anilines is 1. The lowest BCUT2D eigenvalue weighted by atomic mass is 9.96. The molecule has 0 radical (unpaired) electrons. The van der Waals surface area contributed by atoms with Crippen LogP contribution in [0, 0.1) is 0 Å². The molecule has 0 saturated carbocycles. The van der Waals surface area contributed by atoms with Gasteiger partial charge in [0.25, 0.3) is 5.91 Å². The molecule has 0 spiro atoms. The third-order valence-electron chi connectivity index (χ3n) is 5.57. The summed E-state index contributed by atoms with van der Waals surface area (Å²) >= 11 is 0. The average molecular weight is 327 g/mol. The predicted molar refractivity (Wildman–Crippen MR) is 95.1 cm³/mol. The Balaban J connectivity index is 1.60. The van der Waals surface area contributed by atoms with E-state index in [1.165, 1.54) is 25.8 Å². The second-order valence-corrected chi connectivity index (χ2v) is 7.09. The molecule has 2 aromatic rings. The highest BCUT2D eigenvalue weighted by Gasteiger charge is 2.40. The minimum absolute atomic E-state index is 0.384. The maximum absolute atomic E-state index is 11.8. The zero-order valence-corrected chi connectivity index (χ0v) is 14.1. The SMILES string of the molecule is CCCN1[C@@H]2CC[C@H]1C[C@H](Nc1c(C(N)=O)cnc3[nH]ccc13)C2. The number of fused-ring (bicyclic) bond motifs is 3. The molecule has 128 valence electrons. The zero-order chi connectivity index (χ0) is 16.7. The van der Waals surface area contributed by atoms with Gasteiger partial charge in [-0.15, -0.1) is 0 Å². The lowest BCUT2D eigenvalue weighted by Crippen LogP contribution is -2.47. The van der Waals surface area contributed by atoms with E-state index in [0.29, 0.717) is 23.7 Å². The first-order valence-corrected chi connectivity index (χ1v) is 8.95. The van der Waals surface area contributed by atoms with E-state index in [4.69, 9.17) is 5.73 Å². The summed E-state index contributed by atoms with van der Waals surface area (Å²) in [6.07, 6.45) is 9.48. The molecule has 2 aliphatic rings. The fourth-order valence-electron chi connectivity index (χ4n) is 4.57. The van der Waals surface area contributed by atoms with Crippen LogP contribution in [0.2, 0.25) is 0 Å². The van der Waals surface area contributed by atoms with Gasteiger partial charge < -0.3 is 16.0 Å². The van der Waals surface area contributed by atoms with Crippen LogP contribution in [0.1, 0.15) is 49.4 Å². The Kier molecular flexibility index (Phi) is 3.92. The highest BCUT2D eigenvalue weighted by Crippen LogP contribution is 2.38. The first-order chi connectivity index (χ1) is 11.7. The molecule has 1 amide bonds. The van der Waals surface area contributed by atoms with Gasteiger partial charge in [-0.3, -0.25) is 9.69 Å². The highest BCUT2D eigenvalue weighted by atomic mass is 16.1. The standard InChI is InChI=1S/C18H25N5O/c1-2-7-23-12-3-4-13(23)9-11(8-12)22-16-14-5-6-20-18(14)21-10-15(16)17(19)24/h5-6,10-13H,2-4,7-9H2,1H3,(H2,19,24)(H2,20,21,22)/t11-,12-,13+. The maximum atomic E-state index is 11.8. The summed E-state index contributed by atoms with van der Waals surface area (Å²) in [5.74, 6) is -0.431. The van der Waals surface area contributed by atoms with Gasteiger partial charge in [0.1, 0.15) is 5.65 Å². The highest BCUT2D eigenvalue weighted by molar-refractivity contribution is 6.05. The number of primary amides is 1. The number of piperidine rings is 1. The molecule has 6 heteroatoms. The molecule has 0 unspecified atom stereocenters. The van der Waals surface area contributed by atoms with Crippen molar-refractivity contribution in [1.82, 2.24) is 14.9 Å². The monoisotopic (exact) mass is 327 g/mol. The number of carbonyl (C=O) groups excluding carboxylic acids is 1. The van der Waals surface area contributed by atoms with E-state index in [1.807, 2.05) is 12.3 Å². The van der Waals surface area contributed by atoms with E-state index in [2.05, 4.69) is 27.1 Å². The number of nitrogens with one attached hydrogen (secondary N) is 2. The van der Waals surface area contributed by atoms with Crippen molar-refractivity contribution in [2.45, 2.75) is 57.2 Å². The van der Waals surface area contributed by atoms with Crippen LogP contribution < -0.4 is 11.1 Å². The van der Waals surface area contributed by atoms with Crippen molar-refractivity contribution >= 4 is 22.6 Å². The molecular weight excluding hydrogens is 302 g/mol. The van der Waals surface area contributed by atoms with Crippen LogP contribution in [0.4, 0.5) is 5.69 Å². The number of aromatic amines is 1. The van der Waals surface area contributed by atoms with Gasteiger partial charge in [-0.05, 0) is 44.7 Å². The van der Waals surface area contributed by atoms with Crippen molar-refractivity contribution in [1.29, 1.82) is 0 Å². The number of H-pyrrole nitrogens is 1. The number of carbonyl (C=O) groups is 1. The van der Waals surface area contributed by atoms with Crippen LogP contribution in [0.5, 0.6) is 0 Å². The molecule has 4 N–H and O–H groups in total. The minimum atomic E-state index is -0.431. The number of aromatic nitrogens is 2. The van der Waals surface area contributed by atoms with E-state index in [0.717, 1.165) is 29.6 Å². The smallest absolute Gasteiger partial charge is 0.252 e. The predicted octanol–water partition coefficient (Wildman–Crippen LogP) is 2.48. The number of nitrogens with two attached hydrogens (primary N) is 1. The largest absolute Gasteiger partial charge is 0.381 e. The summed E-state index contributed by atoms with van der Waals surface area (Å²) in [6.45, 7) is 3.45. The Labute approximate surface area is 141 Å². The normalized spacial score (nSPS) is 26.8. The fraction of sp³-hybridized carbons (Fsp3) is 0.556. The van der Waals surface area contributed by atoms with Gasteiger partial charge in [0.2, 0.25) is 0 Å². The number of nitrogens with zero attached hydrogens (tertiary/aromatic N) is 2. The van der Waals surface area contributed by atoms with Crippen LogP contribution in [0.15, 0.2) is 18.5 Å². The second kappa shape index (κ2) is 6.09. The van der Waals surface area contributed by atoms with Crippen molar-refractivity contribution in [2.24, 2.45) is 5.73 Å². The summed E-state index contributed by atoms with van der Waals surface area (Å²) in [5.41, 5.74) is 7.67.